The SMILES string of the molecule is Nc1nc2c(ncn2[C@H]2C[C@H](O)[C@@H](CO)O2)c(=O)n1CCC(=O)O. The Hall–Kier alpha value is -2.50. The molecular formula is C13H17N5O6. The molecule has 24 heavy (non-hydrogen) atoms. The number of imidazole rings is 1. The van der Waals surface area contributed by atoms with Crippen LogP contribution in [0.25, 0.3) is 11.2 Å². The van der Waals surface area contributed by atoms with Gasteiger partial charge < -0.3 is 25.8 Å². The predicted octanol–water partition coefficient (Wildman–Crippen LogP) is -1.71. The van der Waals surface area contributed by atoms with Crippen molar-refractivity contribution >= 4 is 23.1 Å². The highest BCUT2D eigenvalue weighted by Crippen LogP contribution is 2.30. The molecule has 0 saturated carbocycles. The quantitative estimate of drug-likeness (QED) is 0.496. The lowest BCUT2D eigenvalue weighted by Gasteiger charge is -2.14. The fraction of sp³-hybridized carbons (Fsp3) is 0.538. The fourth-order valence-corrected chi connectivity index (χ4v) is 2.70. The molecule has 130 valence electrons. The molecule has 0 unspecified atom stereocenters. The van der Waals surface area contributed by atoms with Crippen LogP contribution in [0.5, 0.6) is 0 Å². The molecule has 1 aliphatic rings. The van der Waals surface area contributed by atoms with Crippen molar-refractivity contribution in [3.63, 3.8) is 0 Å². The molecule has 2 aromatic heterocycles. The maximum atomic E-state index is 12.4. The zero-order valence-corrected chi connectivity index (χ0v) is 12.6. The Labute approximate surface area is 134 Å². The minimum Gasteiger partial charge on any atom is -0.481 e. The normalized spacial score (nSPS) is 23.8. The van der Waals surface area contributed by atoms with Crippen LogP contribution in [0, 0.1) is 0 Å². The molecule has 0 aromatic carbocycles. The molecule has 0 amide bonds. The molecule has 0 radical (unpaired) electrons. The summed E-state index contributed by atoms with van der Waals surface area (Å²) in [5, 5.41) is 27.7. The van der Waals surface area contributed by atoms with Crippen molar-refractivity contribution in [3.05, 3.63) is 16.7 Å². The van der Waals surface area contributed by atoms with Crippen LogP contribution in [0.15, 0.2) is 11.1 Å². The van der Waals surface area contributed by atoms with Crippen molar-refractivity contribution in [2.45, 2.75) is 37.8 Å². The van der Waals surface area contributed by atoms with Crippen molar-refractivity contribution in [3.8, 4) is 0 Å². The van der Waals surface area contributed by atoms with Crippen LogP contribution in [-0.4, -0.2) is 59.2 Å². The molecule has 1 saturated heterocycles. The maximum Gasteiger partial charge on any atom is 0.305 e. The van der Waals surface area contributed by atoms with E-state index in [0.29, 0.717) is 0 Å². The summed E-state index contributed by atoms with van der Waals surface area (Å²) in [5.74, 6) is -1.19. The molecule has 1 aliphatic heterocycles. The number of aliphatic hydroxyl groups is 2. The van der Waals surface area contributed by atoms with Crippen molar-refractivity contribution in [1.29, 1.82) is 0 Å². The van der Waals surface area contributed by atoms with E-state index in [2.05, 4.69) is 9.97 Å². The fourth-order valence-electron chi connectivity index (χ4n) is 2.70. The molecule has 11 nitrogen and oxygen atoms in total. The highest BCUT2D eigenvalue weighted by molar-refractivity contribution is 5.71. The summed E-state index contributed by atoms with van der Waals surface area (Å²) in [6.45, 7) is -0.442. The summed E-state index contributed by atoms with van der Waals surface area (Å²) in [6.07, 6.45) is -0.916. The molecule has 3 atom stereocenters. The molecule has 3 heterocycles. The minimum absolute atomic E-state index is 0.0279. The number of aliphatic hydroxyl groups excluding tert-OH is 2. The van der Waals surface area contributed by atoms with Gasteiger partial charge in [0.15, 0.2) is 11.2 Å². The van der Waals surface area contributed by atoms with E-state index in [1.54, 1.807) is 0 Å². The highest BCUT2D eigenvalue weighted by atomic mass is 16.5. The average molecular weight is 339 g/mol. The summed E-state index contributed by atoms with van der Waals surface area (Å²) in [5.41, 5.74) is 5.43. The first kappa shape index (κ1) is 16.4. The topological polar surface area (TPSA) is 166 Å². The van der Waals surface area contributed by atoms with Gasteiger partial charge in [-0.1, -0.05) is 0 Å². The number of aromatic nitrogens is 4. The predicted molar refractivity (Wildman–Crippen MR) is 80.1 cm³/mol. The number of aliphatic carboxylic acids is 1. The van der Waals surface area contributed by atoms with Crippen LogP contribution in [0.3, 0.4) is 0 Å². The summed E-state index contributed by atoms with van der Waals surface area (Å²) in [4.78, 5) is 31.2. The minimum atomic E-state index is -1.06. The number of carbonyl (C=O) groups is 1. The van der Waals surface area contributed by atoms with Crippen molar-refractivity contribution in [2.75, 3.05) is 12.3 Å². The van der Waals surface area contributed by atoms with Crippen LogP contribution >= 0.6 is 0 Å². The van der Waals surface area contributed by atoms with Gasteiger partial charge in [0, 0.05) is 13.0 Å². The van der Waals surface area contributed by atoms with Crippen molar-refractivity contribution < 1.29 is 24.9 Å². The molecular weight excluding hydrogens is 322 g/mol. The zero-order valence-electron chi connectivity index (χ0n) is 12.6. The Morgan fingerprint density at radius 1 is 1.50 bits per heavy atom. The van der Waals surface area contributed by atoms with Gasteiger partial charge in [0.25, 0.3) is 5.56 Å². The number of rotatable bonds is 5. The van der Waals surface area contributed by atoms with Gasteiger partial charge in [0.1, 0.15) is 12.3 Å². The van der Waals surface area contributed by atoms with Crippen LogP contribution in [-0.2, 0) is 16.1 Å². The number of ether oxygens (including phenoxy) is 1. The van der Waals surface area contributed by atoms with Gasteiger partial charge >= 0.3 is 5.97 Å². The zero-order chi connectivity index (χ0) is 17.4. The number of hydrogen-bond acceptors (Lipinski definition) is 8. The van der Waals surface area contributed by atoms with Crippen molar-refractivity contribution in [1.82, 2.24) is 19.1 Å². The van der Waals surface area contributed by atoms with Gasteiger partial charge in [-0.15, -0.1) is 0 Å². The van der Waals surface area contributed by atoms with E-state index in [1.807, 2.05) is 0 Å². The van der Waals surface area contributed by atoms with Gasteiger partial charge in [-0.25, -0.2) is 4.98 Å². The first-order valence-electron chi connectivity index (χ1n) is 7.31. The molecule has 3 rings (SSSR count). The number of carboxylic acids is 1. The van der Waals surface area contributed by atoms with E-state index in [1.165, 1.54) is 10.9 Å². The number of fused-ring (bicyclic) bond motifs is 1. The number of nitrogen functional groups attached to an aromatic ring is 1. The summed E-state index contributed by atoms with van der Waals surface area (Å²) < 4.78 is 8.04. The Morgan fingerprint density at radius 3 is 2.88 bits per heavy atom. The van der Waals surface area contributed by atoms with E-state index < -0.39 is 30.0 Å². The molecule has 5 N–H and O–H groups in total. The Bertz CT molecular complexity index is 830. The number of carboxylic acid groups (broad SMARTS) is 1. The largest absolute Gasteiger partial charge is 0.481 e. The van der Waals surface area contributed by atoms with E-state index in [9.17, 15) is 14.7 Å². The molecule has 1 fully saturated rings. The number of nitrogens with zero attached hydrogens (tertiary/aromatic N) is 4. The second-order valence-electron chi connectivity index (χ2n) is 5.51. The van der Waals surface area contributed by atoms with Gasteiger partial charge in [0.2, 0.25) is 5.95 Å². The van der Waals surface area contributed by atoms with Gasteiger partial charge in [-0.3, -0.25) is 18.7 Å². The second kappa shape index (κ2) is 6.19. The van der Waals surface area contributed by atoms with Crippen LogP contribution < -0.4 is 11.3 Å². The number of nitrogens with two attached hydrogens (primary N) is 1. The lowest BCUT2D eigenvalue weighted by Crippen LogP contribution is -2.26. The highest BCUT2D eigenvalue weighted by Gasteiger charge is 2.35. The van der Waals surface area contributed by atoms with E-state index in [-0.39, 0.29) is 43.1 Å². The van der Waals surface area contributed by atoms with E-state index in [4.69, 9.17) is 20.7 Å². The lowest BCUT2D eigenvalue weighted by molar-refractivity contribution is -0.137. The Kier molecular flexibility index (Phi) is 4.22. The number of hydrogen-bond donors (Lipinski definition) is 4. The van der Waals surface area contributed by atoms with Crippen LogP contribution in [0.4, 0.5) is 5.95 Å². The van der Waals surface area contributed by atoms with E-state index >= 15 is 0 Å². The monoisotopic (exact) mass is 339 g/mol. The summed E-state index contributed by atoms with van der Waals surface area (Å²) >= 11 is 0. The molecule has 0 aliphatic carbocycles. The van der Waals surface area contributed by atoms with Gasteiger partial charge in [-0.2, -0.15) is 4.98 Å². The maximum absolute atomic E-state index is 12.4. The smallest absolute Gasteiger partial charge is 0.305 e. The first-order valence-corrected chi connectivity index (χ1v) is 7.31. The Morgan fingerprint density at radius 2 is 2.25 bits per heavy atom. The molecule has 2 aromatic rings. The van der Waals surface area contributed by atoms with Crippen LogP contribution in [0.1, 0.15) is 19.1 Å². The second-order valence-corrected chi connectivity index (χ2v) is 5.51. The lowest BCUT2D eigenvalue weighted by atomic mass is 10.2. The van der Waals surface area contributed by atoms with Gasteiger partial charge in [-0.05, 0) is 0 Å². The third-order valence-electron chi connectivity index (χ3n) is 3.96. The van der Waals surface area contributed by atoms with Gasteiger partial charge in [0.05, 0.1) is 25.5 Å². The number of anilines is 1. The van der Waals surface area contributed by atoms with E-state index in [0.717, 1.165) is 4.57 Å². The molecule has 11 heteroatoms. The van der Waals surface area contributed by atoms with Crippen molar-refractivity contribution in [2.24, 2.45) is 0 Å². The standard InChI is InChI=1S/C13H17N5O6/c14-13-16-11-10(12(23)17(13)2-1-9(21)22)15-5-18(11)8-3-6(20)7(4-19)24-8/h5-8,19-20H,1-4H2,(H2,14,16)(H,21,22)/t6-,7+,8+/m0/s1. The summed E-state index contributed by atoms with van der Waals surface area (Å²) in [6, 6.07) is 0. The third-order valence-corrected chi connectivity index (χ3v) is 3.96. The first-order chi connectivity index (χ1) is 11.4. The van der Waals surface area contributed by atoms with Crippen LogP contribution in [0.2, 0.25) is 0 Å². The third kappa shape index (κ3) is 2.72. The average Bonchev–Trinajstić information content (AvgIpc) is 3.09. The summed E-state index contributed by atoms with van der Waals surface area (Å²) in [7, 11) is 0. The molecule has 0 bridgehead atoms. The molecule has 0 spiro atoms. The Balaban J connectivity index is 1.99.